The van der Waals surface area contributed by atoms with Gasteiger partial charge in [-0.25, -0.2) is 0 Å². The van der Waals surface area contributed by atoms with Crippen LogP contribution in [0.25, 0.3) is 10.9 Å². The average Bonchev–Trinajstić information content (AvgIpc) is 3.03. The predicted molar refractivity (Wildman–Crippen MR) is 101 cm³/mol. The zero-order chi connectivity index (χ0) is 17.0. The molecule has 2 aliphatic rings. The molecule has 2 heterocycles. The number of benzene rings is 2. The van der Waals surface area contributed by atoms with E-state index in [2.05, 4.69) is 39.1 Å². The molecule has 0 fully saturated rings. The first-order valence-corrected chi connectivity index (χ1v) is 9.31. The summed E-state index contributed by atoms with van der Waals surface area (Å²) in [7, 11) is 0. The molecule has 25 heavy (non-hydrogen) atoms. The monoisotopic (exact) mass is 393 g/mol. The third-order valence-corrected chi connectivity index (χ3v) is 5.64. The third kappa shape index (κ3) is 2.28. The van der Waals surface area contributed by atoms with Gasteiger partial charge in [0.05, 0.1) is 0 Å². The Labute approximate surface area is 153 Å². The molecule has 0 saturated heterocycles. The molecule has 3 nitrogen and oxygen atoms in total. The molecule has 0 spiro atoms. The van der Waals surface area contributed by atoms with Gasteiger partial charge in [-0.3, -0.25) is 4.79 Å². The summed E-state index contributed by atoms with van der Waals surface area (Å²) < 4.78 is 7.14. The zero-order valence-corrected chi connectivity index (χ0v) is 15.1. The number of Topliss-reactive ketones (excluding diaryl/α,β-unsaturated/α-hetero) is 1. The molecule has 0 radical (unpaired) electrons. The highest BCUT2D eigenvalue weighted by Gasteiger charge is 2.37. The Bertz CT molecular complexity index is 1050. The Balaban J connectivity index is 1.80. The first kappa shape index (κ1) is 15.0. The van der Waals surface area contributed by atoms with E-state index in [1.807, 2.05) is 30.5 Å². The molecular formula is C21H16BrNO2. The standard InChI is InChI=1S/C21H16BrNO2/c22-12-8-9-16-14(10-12)15(11-23-16)20-13-4-1-2-6-18(13)25-19-7-3-5-17(24)21(19)20/h1-2,4,6,8-11,20,23H,3,5,7H2. The molecule has 1 N–H and O–H groups in total. The number of nitrogens with one attached hydrogen (secondary N) is 1. The molecule has 3 aromatic rings. The molecule has 0 bridgehead atoms. The van der Waals surface area contributed by atoms with Crippen LogP contribution in [0.4, 0.5) is 0 Å². The number of H-pyrrole nitrogens is 1. The van der Waals surface area contributed by atoms with E-state index in [1.165, 1.54) is 0 Å². The van der Waals surface area contributed by atoms with Gasteiger partial charge in [0.2, 0.25) is 0 Å². The summed E-state index contributed by atoms with van der Waals surface area (Å²) in [5.41, 5.74) is 4.12. The SMILES string of the molecule is O=C1CCCC2=C1C(c1c[nH]c3ccc(Br)cc13)c1ccccc1O2. The van der Waals surface area contributed by atoms with E-state index in [0.717, 1.165) is 56.4 Å². The van der Waals surface area contributed by atoms with Gasteiger partial charge >= 0.3 is 0 Å². The van der Waals surface area contributed by atoms with Gasteiger partial charge in [0.15, 0.2) is 5.78 Å². The van der Waals surface area contributed by atoms with E-state index in [1.54, 1.807) is 0 Å². The lowest BCUT2D eigenvalue weighted by molar-refractivity contribution is -0.116. The van der Waals surface area contributed by atoms with E-state index in [0.29, 0.717) is 6.42 Å². The van der Waals surface area contributed by atoms with Crippen LogP contribution in [0.1, 0.15) is 36.3 Å². The van der Waals surface area contributed by atoms with Crippen LogP contribution in [0.2, 0.25) is 0 Å². The maximum atomic E-state index is 12.8. The number of ether oxygens (including phenoxy) is 1. The summed E-state index contributed by atoms with van der Waals surface area (Å²) in [5.74, 6) is 1.86. The number of allylic oxidation sites excluding steroid dienone is 2. The Morgan fingerprint density at radius 3 is 2.88 bits per heavy atom. The Morgan fingerprint density at radius 2 is 1.96 bits per heavy atom. The summed E-state index contributed by atoms with van der Waals surface area (Å²) >= 11 is 3.57. The molecule has 1 atom stereocenters. The van der Waals surface area contributed by atoms with Crippen LogP contribution in [-0.2, 0) is 4.79 Å². The van der Waals surface area contributed by atoms with Crippen molar-refractivity contribution in [3.8, 4) is 5.75 Å². The van der Waals surface area contributed by atoms with Crippen molar-refractivity contribution in [1.29, 1.82) is 0 Å². The fourth-order valence-corrected chi connectivity index (χ4v) is 4.40. The van der Waals surface area contributed by atoms with E-state index in [4.69, 9.17) is 4.74 Å². The molecule has 2 aromatic carbocycles. The van der Waals surface area contributed by atoms with Gasteiger partial charge in [0.25, 0.3) is 0 Å². The van der Waals surface area contributed by atoms with Gasteiger partial charge in [0, 0.05) is 51.5 Å². The Kier molecular flexibility index (Phi) is 3.35. The molecule has 1 aromatic heterocycles. The van der Waals surface area contributed by atoms with Crippen LogP contribution in [0.3, 0.4) is 0 Å². The number of para-hydroxylation sites is 1. The highest BCUT2D eigenvalue weighted by Crippen LogP contribution is 2.48. The number of rotatable bonds is 1. The summed E-state index contributed by atoms with van der Waals surface area (Å²) in [5, 5.41) is 1.14. The van der Waals surface area contributed by atoms with Crippen molar-refractivity contribution in [2.75, 3.05) is 0 Å². The molecule has 1 aliphatic carbocycles. The first-order chi connectivity index (χ1) is 12.2. The molecule has 124 valence electrons. The van der Waals surface area contributed by atoms with Crippen LogP contribution >= 0.6 is 15.9 Å². The summed E-state index contributed by atoms with van der Waals surface area (Å²) in [6.07, 6.45) is 4.34. The minimum absolute atomic E-state index is 0.0733. The number of carbonyl (C=O) groups excluding carboxylic acids is 1. The molecule has 1 unspecified atom stereocenters. The lowest BCUT2D eigenvalue weighted by atomic mass is 9.77. The molecule has 5 rings (SSSR count). The maximum absolute atomic E-state index is 12.8. The van der Waals surface area contributed by atoms with Crippen molar-refractivity contribution in [2.24, 2.45) is 0 Å². The van der Waals surface area contributed by atoms with E-state index in [-0.39, 0.29) is 11.7 Å². The number of fused-ring (bicyclic) bond motifs is 2. The van der Waals surface area contributed by atoms with Gasteiger partial charge in [-0.1, -0.05) is 34.1 Å². The number of aromatic nitrogens is 1. The fourth-order valence-electron chi connectivity index (χ4n) is 4.04. The number of ketones is 1. The first-order valence-electron chi connectivity index (χ1n) is 8.52. The topological polar surface area (TPSA) is 42.1 Å². The van der Waals surface area contributed by atoms with E-state index >= 15 is 0 Å². The van der Waals surface area contributed by atoms with E-state index in [9.17, 15) is 4.79 Å². The second-order valence-electron chi connectivity index (χ2n) is 6.62. The highest BCUT2D eigenvalue weighted by atomic mass is 79.9. The van der Waals surface area contributed by atoms with Gasteiger partial charge in [-0.05, 0) is 36.2 Å². The van der Waals surface area contributed by atoms with Crippen LogP contribution in [0.5, 0.6) is 5.75 Å². The summed E-state index contributed by atoms with van der Waals surface area (Å²) in [6, 6.07) is 14.3. The van der Waals surface area contributed by atoms with Crippen LogP contribution in [-0.4, -0.2) is 10.8 Å². The fraction of sp³-hybridized carbons (Fsp3) is 0.190. The molecule has 0 amide bonds. The van der Waals surface area contributed by atoms with Gasteiger partial charge in [-0.2, -0.15) is 0 Å². The lowest BCUT2D eigenvalue weighted by Crippen LogP contribution is -2.25. The minimum atomic E-state index is -0.0733. The van der Waals surface area contributed by atoms with Crippen LogP contribution in [0.15, 0.2) is 64.5 Å². The van der Waals surface area contributed by atoms with Crippen molar-refractivity contribution in [2.45, 2.75) is 25.2 Å². The van der Waals surface area contributed by atoms with Gasteiger partial charge in [-0.15, -0.1) is 0 Å². The van der Waals surface area contributed by atoms with Gasteiger partial charge in [0.1, 0.15) is 11.5 Å². The second kappa shape index (κ2) is 5.60. The molecule has 0 saturated carbocycles. The maximum Gasteiger partial charge on any atom is 0.163 e. The number of aromatic amines is 1. The summed E-state index contributed by atoms with van der Waals surface area (Å²) in [4.78, 5) is 16.1. The van der Waals surface area contributed by atoms with Crippen molar-refractivity contribution in [3.05, 3.63) is 75.6 Å². The van der Waals surface area contributed by atoms with Crippen molar-refractivity contribution in [1.82, 2.24) is 4.98 Å². The lowest BCUT2D eigenvalue weighted by Gasteiger charge is -2.32. The largest absolute Gasteiger partial charge is 0.461 e. The Hall–Kier alpha value is -2.33. The van der Waals surface area contributed by atoms with Crippen LogP contribution < -0.4 is 4.74 Å². The molecular weight excluding hydrogens is 378 g/mol. The Morgan fingerprint density at radius 1 is 1.08 bits per heavy atom. The quantitative estimate of drug-likeness (QED) is 0.596. The summed E-state index contributed by atoms with van der Waals surface area (Å²) in [6.45, 7) is 0. The average molecular weight is 394 g/mol. The second-order valence-corrected chi connectivity index (χ2v) is 7.54. The minimum Gasteiger partial charge on any atom is -0.461 e. The number of hydrogen-bond donors (Lipinski definition) is 1. The van der Waals surface area contributed by atoms with Crippen LogP contribution in [0, 0.1) is 0 Å². The highest BCUT2D eigenvalue weighted by molar-refractivity contribution is 9.10. The van der Waals surface area contributed by atoms with Crippen molar-refractivity contribution < 1.29 is 9.53 Å². The number of hydrogen-bond acceptors (Lipinski definition) is 2. The molecule has 4 heteroatoms. The molecule has 1 aliphatic heterocycles. The van der Waals surface area contributed by atoms with Gasteiger partial charge < -0.3 is 9.72 Å². The third-order valence-electron chi connectivity index (χ3n) is 5.15. The smallest absolute Gasteiger partial charge is 0.163 e. The van der Waals surface area contributed by atoms with Crippen molar-refractivity contribution >= 4 is 32.6 Å². The number of carbonyl (C=O) groups is 1. The van der Waals surface area contributed by atoms with Crippen molar-refractivity contribution in [3.63, 3.8) is 0 Å². The predicted octanol–water partition coefficient (Wildman–Crippen LogP) is 5.46. The zero-order valence-electron chi connectivity index (χ0n) is 13.5. The van der Waals surface area contributed by atoms with E-state index < -0.39 is 0 Å². The normalized spacial score (nSPS) is 19.6. The number of halogens is 1.